The number of anilines is 1. The quantitative estimate of drug-likeness (QED) is 0.462. The highest BCUT2D eigenvalue weighted by Gasteiger charge is 2.28. The van der Waals surface area contributed by atoms with Crippen LogP contribution in [-0.2, 0) is 14.8 Å². The van der Waals surface area contributed by atoms with Crippen molar-refractivity contribution < 1.29 is 27.1 Å². The molecule has 7 nitrogen and oxygen atoms in total. The van der Waals surface area contributed by atoms with Gasteiger partial charge in [0.05, 0.1) is 30.3 Å². The molecule has 0 saturated heterocycles. The highest BCUT2D eigenvalue weighted by molar-refractivity contribution is 7.92. The van der Waals surface area contributed by atoms with Gasteiger partial charge in [-0.25, -0.2) is 12.8 Å². The summed E-state index contributed by atoms with van der Waals surface area (Å²) >= 11 is 0. The summed E-state index contributed by atoms with van der Waals surface area (Å²) < 4.78 is 51.8. The summed E-state index contributed by atoms with van der Waals surface area (Å²) in [5.41, 5.74) is 1.00. The van der Waals surface area contributed by atoms with E-state index in [9.17, 15) is 17.6 Å². The van der Waals surface area contributed by atoms with Crippen molar-refractivity contribution >= 4 is 21.6 Å². The molecule has 0 aliphatic rings. The molecule has 9 heteroatoms. The summed E-state index contributed by atoms with van der Waals surface area (Å²) in [5, 5.41) is 2.82. The molecule has 0 spiro atoms. The number of amides is 1. The largest absolute Gasteiger partial charge is 0.497 e. The number of carbonyl (C=O) groups is 1. The van der Waals surface area contributed by atoms with Crippen LogP contribution < -0.4 is 19.1 Å². The topological polar surface area (TPSA) is 84.9 Å². The van der Waals surface area contributed by atoms with Crippen LogP contribution in [0.15, 0.2) is 77.7 Å². The Morgan fingerprint density at radius 2 is 1.56 bits per heavy atom. The van der Waals surface area contributed by atoms with Crippen LogP contribution in [0.25, 0.3) is 0 Å². The van der Waals surface area contributed by atoms with Crippen molar-refractivity contribution in [1.82, 2.24) is 5.32 Å². The van der Waals surface area contributed by atoms with Gasteiger partial charge >= 0.3 is 0 Å². The van der Waals surface area contributed by atoms with Gasteiger partial charge in [0.2, 0.25) is 5.91 Å². The molecule has 0 heterocycles. The maximum atomic E-state index is 13.5. The van der Waals surface area contributed by atoms with Crippen LogP contribution in [0, 0.1) is 5.82 Å². The number of rotatable bonds is 10. The second kappa shape index (κ2) is 11.0. The number of nitrogens with one attached hydrogen (secondary N) is 1. The monoisotopic (exact) mass is 486 g/mol. The Hall–Kier alpha value is -3.59. The Kier molecular flexibility index (Phi) is 8.12. The van der Waals surface area contributed by atoms with Crippen LogP contribution in [0.3, 0.4) is 0 Å². The minimum absolute atomic E-state index is 0.0232. The number of carbonyl (C=O) groups excluding carboxylic acids is 1. The van der Waals surface area contributed by atoms with E-state index in [0.717, 1.165) is 27.8 Å². The molecule has 0 aliphatic heterocycles. The van der Waals surface area contributed by atoms with E-state index in [4.69, 9.17) is 9.47 Å². The van der Waals surface area contributed by atoms with Gasteiger partial charge < -0.3 is 14.8 Å². The molecule has 0 bridgehead atoms. The van der Waals surface area contributed by atoms with Crippen LogP contribution in [-0.4, -0.2) is 34.6 Å². The normalized spacial score (nSPS) is 12.0. The zero-order chi connectivity index (χ0) is 24.7. The van der Waals surface area contributed by atoms with E-state index in [-0.39, 0.29) is 16.6 Å². The Balaban J connectivity index is 1.83. The molecule has 0 saturated carbocycles. The molecule has 1 N–H and O–H groups in total. The predicted octanol–water partition coefficient (Wildman–Crippen LogP) is 4.31. The van der Waals surface area contributed by atoms with Crippen LogP contribution in [0.4, 0.5) is 10.1 Å². The molecule has 1 atom stereocenters. The van der Waals surface area contributed by atoms with Gasteiger partial charge in [-0.2, -0.15) is 0 Å². The van der Waals surface area contributed by atoms with Crippen molar-refractivity contribution in [2.24, 2.45) is 0 Å². The van der Waals surface area contributed by atoms with E-state index in [2.05, 4.69) is 5.32 Å². The Morgan fingerprint density at radius 3 is 2.12 bits per heavy atom. The van der Waals surface area contributed by atoms with E-state index in [1.807, 2.05) is 19.1 Å². The standard InChI is InChI=1S/C25H27FN2O5S/c1-4-33-23-11-5-19(6-12-23)18(2)27-25(29)17-28(21-9-7-20(26)8-10-21)34(30,31)24-15-13-22(32-3)14-16-24/h5-16,18H,4,17H2,1-3H3,(H,27,29). The van der Waals surface area contributed by atoms with Gasteiger partial charge in [0.1, 0.15) is 23.9 Å². The van der Waals surface area contributed by atoms with E-state index in [0.29, 0.717) is 12.4 Å². The molecule has 3 aromatic carbocycles. The molecule has 0 aliphatic carbocycles. The molecule has 1 unspecified atom stereocenters. The van der Waals surface area contributed by atoms with Gasteiger partial charge in [-0.3, -0.25) is 9.10 Å². The Labute approximate surface area is 199 Å². The fourth-order valence-electron chi connectivity index (χ4n) is 3.32. The third-order valence-electron chi connectivity index (χ3n) is 5.12. The number of nitrogens with zero attached hydrogens (tertiary/aromatic N) is 1. The van der Waals surface area contributed by atoms with Crippen molar-refractivity contribution in [1.29, 1.82) is 0 Å². The zero-order valence-corrected chi connectivity index (χ0v) is 20.0. The number of halogens is 1. The van der Waals surface area contributed by atoms with Crippen LogP contribution in [0.5, 0.6) is 11.5 Å². The summed E-state index contributed by atoms with van der Waals surface area (Å²) in [6.45, 7) is 3.76. The fourth-order valence-corrected chi connectivity index (χ4v) is 4.74. The maximum absolute atomic E-state index is 13.5. The molecule has 180 valence electrons. The molecule has 1 amide bonds. The number of ether oxygens (including phenoxy) is 2. The van der Waals surface area contributed by atoms with Gasteiger partial charge in [0.25, 0.3) is 10.0 Å². The van der Waals surface area contributed by atoms with Gasteiger partial charge in [-0.15, -0.1) is 0 Å². The summed E-state index contributed by atoms with van der Waals surface area (Å²) in [6, 6.07) is 17.7. The smallest absolute Gasteiger partial charge is 0.264 e. The van der Waals surface area contributed by atoms with E-state index >= 15 is 0 Å². The third kappa shape index (κ3) is 6.05. The van der Waals surface area contributed by atoms with Crippen LogP contribution in [0.1, 0.15) is 25.5 Å². The molecule has 3 rings (SSSR count). The highest BCUT2D eigenvalue weighted by Crippen LogP contribution is 2.26. The van der Waals surface area contributed by atoms with Crippen molar-refractivity contribution in [3.8, 4) is 11.5 Å². The van der Waals surface area contributed by atoms with E-state index in [1.165, 1.54) is 43.5 Å². The average molecular weight is 487 g/mol. The summed E-state index contributed by atoms with van der Waals surface area (Å²) in [7, 11) is -2.65. The summed E-state index contributed by atoms with van der Waals surface area (Å²) in [5.74, 6) is 0.189. The molecule has 0 fully saturated rings. The SMILES string of the molecule is CCOc1ccc(C(C)NC(=O)CN(c2ccc(F)cc2)S(=O)(=O)c2ccc(OC)cc2)cc1. The molecule has 0 radical (unpaired) electrons. The minimum Gasteiger partial charge on any atom is -0.497 e. The van der Waals surface area contributed by atoms with Crippen molar-refractivity contribution in [2.45, 2.75) is 24.8 Å². The number of methoxy groups -OCH3 is 1. The lowest BCUT2D eigenvalue weighted by Crippen LogP contribution is -2.41. The van der Waals surface area contributed by atoms with Gasteiger partial charge in [-0.05, 0) is 80.1 Å². The van der Waals surface area contributed by atoms with Gasteiger partial charge in [-0.1, -0.05) is 12.1 Å². The second-order valence-electron chi connectivity index (χ2n) is 7.45. The lowest BCUT2D eigenvalue weighted by molar-refractivity contribution is -0.120. The van der Waals surface area contributed by atoms with E-state index in [1.54, 1.807) is 19.1 Å². The lowest BCUT2D eigenvalue weighted by Gasteiger charge is -2.25. The predicted molar refractivity (Wildman–Crippen MR) is 128 cm³/mol. The lowest BCUT2D eigenvalue weighted by atomic mass is 10.1. The van der Waals surface area contributed by atoms with Crippen LogP contribution >= 0.6 is 0 Å². The Morgan fingerprint density at radius 1 is 0.971 bits per heavy atom. The average Bonchev–Trinajstić information content (AvgIpc) is 2.84. The number of sulfonamides is 1. The number of hydrogen-bond donors (Lipinski definition) is 1. The first-order valence-corrected chi connectivity index (χ1v) is 12.1. The first kappa shape index (κ1) is 25.0. The molecule has 3 aromatic rings. The van der Waals surface area contributed by atoms with E-state index < -0.39 is 28.3 Å². The first-order chi connectivity index (χ1) is 16.2. The third-order valence-corrected chi connectivity index (χ3v) is 6.91. The first-order valence-electron chi connectivity index (χ1n) is 10.7. The summed E-state index contributed by atoms with van der Waals surface area (Å²) in [6.07, 6.45) is 0. The fraction of sp³-hybridized carbons (Fsp3) is 0.240. The molecule has 0 aromatic heterocycles. The maximum Gasteiger partial charge on any atom is 0.264 e. The molecular weight excluding hydrogens is 459 g/mol. The van der Waals surface area contributed by atoms with Crippen molar-refractivity contribution in [3.63, 3.8) is 0 Å². The summed E-state index contributed by atoms with van der Waals surface area (Å²) in [4.78, 5) is 12.9. The minimum atomic E-state index is -4.12. The number of hydrogen-bond acceptors (Lipinski definition) is 5. The number of benzene rings is 3. The van der Waals surface area contributed by atoms with Crippen molar-refractivity contribution in [3.05, 3.63) is 84.2 Å². The molecule has 34 heavy (non-hydrogen) atoms. The molecular formula is C25H27FN2O5S. The second-order valence-corrected chi connectivity index (χ2v) is 9.32. The highest BCUT2D eigenvalue weighted by atomic mass is 32.2. The Bertz CT molecular complexity index is 1200. The zero-order valence-electron chi connectivity index (χ0n) is 19.2. The van der Waals surface area contributed by atoms with Gasteiger partial charge in [0.15, 0.2) is 0 Å². The van der Waals surface area contributed by atoms with Crippen molar-refractivity contribution in [2.75, 3.05) is 24.6 Å². The van der Waals surface area contributed by atoms with Gasteiger partial charge in [0, 0.05) is 0 Å². The van der Waals surface area contributed by atoms with Crippen LogP contribution in [0.2, 0.25) is 0 Å².